The Morgan fingerprint density at radius 2 is 2.00 bits per heavy atom. The number of ketones is 1. The fourth-order valence-corrected chi connectivity index (χ4v) is 1.40. The summed E-state index contributed by atoms with van der Waals surface area (Å²) < 4.78 is 46.9. The lowest BCUT2D eigenvalue weighted by Gasteiger charge is -2.16. The van der Waals surface area contributed by atoms with Crippen LogP contribution < -0.4 is 9.47 Å². The molecule has 1 aromatic rings. The van der Waals surface area contributed by atoms with Crippen molar-refractivity contribution < 1.29 is 27.4 Å². The molecule has 106 valence electrons. The fraction of sp³-hybridized carbons (Fsp3) is 0.417. The van der Waals surface area contributed by atoms with Crippen molar-refractivity contribution in [1.29, 1.82) is 0 Å². The van der Waals surface area contributed by atoms with Crippen LogP contribution in [0.2, 0.25) is 0 Å². The Kier molecular flexibility index (Phi) is 5.22. The highest BCUT2D eigenvalue weighted by molar-refractivity contribution is 9.09. The molecule has 1 rings (SSSR count). The maximum atomic E-state index is 12.3. The van der Waals surface area contributed by atoms with Gasteiger partial charge in [0.25, 0.3) is 0 Å². The van der Waals surface area contributed by atoms with Crippen LogP contribution in [0.15, 0.2) is 18.2 Å². The SMILES string of the molecule is COc1cc(C(C)=O)ccc1OCC(Br)C(F)(F)F. The third-order valence-electron chi connectivity index (χ3n) is 2.31. The molecule has 0 aliphatic rings. The summed E-state index contributed by atoms with van der Waals surface area (Å²) in [5.41, 5.74) is 0.399. The van der Waals surface area contributed by atoms with Gasteiger partial charge in [0.1, 0.15) is 11.4 Å². The van der Waals surface area contributed by atoms with Crippen molar-refractivity contribution in [3.8, 4) is 11.5 Å². The summed E-state index contributed by atoms with van der Waals surface area (Å²) in [6.45, 7) is 0.798. The second-order valence-corrected chi connectivity index (χ2v) is 4.85. The monoisotopic (exact) mass is 340 g/mol. The van der Waals surface area contributed by atoms with E-state index in [1.165, 1.54) is 32.2 Å². The molecule has 1 atom stereocenters. The second-order valence-electron chi connectivity index (χ2n) is 3.74. The molecule has 0 bridgehead atoms. The van der Waals surface area contributed by atoms with Gasteiger partial charge in [-0.3, -0.25) is 4.79 Å². The minimum atomic E-state index is -4.38. The highest BCUT2D eigenvalue weighted by Gasteiger charge is 2.38. The molecule has 0 fully saturated rings. The van der Waals surface area contributed by atoms with E-state index in [0.717, 1.165) is 0 Å². The number of methoxy groups -OCH3 is 1. The topological polar surface area (TPSA) is 35.5 Å². The highest BCUT2D eigenvalue weighted by Crippen LogP contribution is 2.31. The molecular weight excluding hydrogens is 329 g/mol. The zero-order valence-corrected chi connectivity index (χ0v) is 11.8. The van der Waals surface area contributed by atoms with E-state index < -0.39 is 17.6 Å². The molecule has 0 aliphatic carbocycles. The minimum absolute atomic E-state index is 0.154. The lowest BCUT2D eigenvalue weighted by Crippen LogP contribution is -2.28. The summed E-state index contributed by atoms with van der Waals surface area (Å²) in [4.78, 5) is 9.40. The van der Waals surface area contributed by atoms with E-state index in [1.54, 1.807) is 0 Å². The molecule has 3 nitrogen and oxygen atoms in total. The summed E-state index contributed by atoms with van der Waals surface area (Å²) in [5, 5.41) is 0. The predicted molar refractivity (Wildman–Crippen MR) is 67.3 cm³/mol. The standard InChI is InChI=1S/C12H12BrF3O3/c1-7(17)8-3-4-9(10(5-8)18-2)19-6-11(13)12(14,15)16/h3-5,11H,6H2,1-2H3. The van der Waals surface area contributed by atoms with Gasteiger partial charge in [0.05, 0.1) is 7.11 Å². The molecule has 0 amide bonds. The number of alkyl halides is 4. The number of rotatable bonds is 5. The van der Waals surface area contributed by atoms with Crippen LogP contribution in [-0.4, -0.2) is 30.5 Å². The first-order chi connectivity index (χ1) is 8.75. The van der Waals surface area contributed by atoms with Crippen LogP contribution in [-0.2, 0) is 0 Å². The van der Waals surface area contributed by atoms with E-state index in [0.29, 0.717) is 5.56 Å². The van der Waals surface area contributed by atoms with Gasteiger partial charge in [-0.15, -0.1) is 0 Å². The quantitative estimate of drug-likeness (QED) is 0.606. The van der Waals surface area contributed by atoms with Gasteiger partial charge in [-0.05, 0) is 25.1 Å². The van der Waals surface area contributed by atoms with Crippen molar-refractivity contribution in [3.63, 3.8) is 0 Å². The van der Waals surface area contributed by atoms with Crippen molar-refractivity contribution in [2.45, 2.75) is 17.9 Å². The van der Waals surface area contributed by atoms with E-state index in [9.17, 15) is 18.0 Å². The molecule has 0 saturated heterocycles. The van der Waals surface area contributed by atoms with E-state index in [4.69, 9.17) is 9.47 Å². The first-order valence-electron chi connectivity index (χ1n) is 5.28. The van der Waals surface area contributed by atoms with Crippen LogP contribution in [0, 0.1) is 0 Å². The number of halogens is 4. The average Bonchev–Trinajstić information content (AvgIpc) is 2.34. The smallest absolute Gasteiger partial charge is 0.404 e. The number of hydrogen-bond acceptors (Lipinski definition) is 3. The molecule has 0 N–H and O–H groups in total. The van der Waals surface area contributed by atoms with Crippen LogP contribution in [0.25, 0.3) is 0 Å². The number of carbonyl (C=O) groups excluding carboxylic acids is 1. The van der Waals surface area contributed by atoms with Gasteiger partial charge in [-0.2, -0.15) is 13.2 Å². The van der Waals surface area contributed by atoms with E-state index >= 15 is 0 Å². The van der Waals surface area contributed by atoms with Crippen LogP contribution in [0.1, 0.15) is 17.3 Å². The van der Waals surface area contributed by atoms with Gasteiger partial charge in [-0.1, -0.05) is 15.9 Å². The van der Waals surface area contributed by atoms with Crippen LogP contribution >= 0.6 is 15.9 Å². The molecule has 1 aromatic carbocycles. The van der Waals surface area contributed by atoms with E-state index in [-0.39, 0.29) is 17.3 Å². The van der Waals surface area contributed by atoms with E-state index in [2.05, 4.69) is 15.9 Å². The fourth-order valence-electron chi connectivity index (χ4n) is 1.26. The van der Waals surface area contributed by atoms with Crippen LogP contribution in [0.4, 0.5) is 13.2 Å². The molecule has 7 heteroatoms. The molecule has 0 aromatic heterocycles. The minimum Gasteiger partial charge on any atom is -0.493 e. The van der Waals surface area contributed by atoms with Gasteiger partial charge in [0.15, 0.2) is 17.3 Å². The lowest BCUT2D eigenvalue weighted by molar-refractivity contribution is -0.132. The number of ether oxygens (including phenoxy) is 2. The van der Waals surface area contributed by atoms with Gasteiger partial charge in [0, 0.05) is 5.56 Å². The first-order valence-corrected chi connectivity index (χ1v) is 6.20. The van der Waals surface area contributed by atoms with Crippen molar-refractivity contribution in [3.05, 3.63) is 23.8 Å². The maximum Gasteiger partial charge on any atom is 0.404 e. The Balaban J connectivity index is 2.82. The number of hydrogen-bond donors (Lipinski definition) is 0. The Morgan fingerprint density at radius 3 is 2.47 bits per heavy atom. The Hall–Kier alpha value is -1.24. The molecule has 1 unspecified atom stereocenters. The van der Waals surface area contributed by atoms with Crippen molar-refractivity contribution in [1.82, 2.24) is 0 Å². The Labute approximate surface area is 116 Å². The molecule has 19 heavy (non-hydrogen) atoms. The number of carbonyl (C=O) groups is 1. The second kappa shape index (κ2) is 6.27. The Bertz CT molecular complexity index is 460. The predicted octanol–water partition coefficient (Wildman–Crippen LogP) is 3.60. The first kappa shape index (κ1) is 15.8. The summed E-state index contributed by atoms with van der Waals surface area (Å²) >= 11 is 2.50. The molecule has 0 spiro atoms. The number of Topliss-reactive ketones (excluding diaryl/α,β-unsaturated/α-hetero) is 1. The summed E-state index contributed by atoms with van der Waals surface area (Å²) in [6, 6.07) is 4.30. The van der Waals surface area contributed by atoms with Gasteiger partial charge >= 0.3 is 6.18 Å². The lowest BCUT2D eigenvalue weighted by atomic mass is 10.1. The molecule has 0 saturated carbocycles. The highest BCUT2D eigenvalue weighted by atomic mass is 79.9. The van der Waals surface area contributed by atoms with Gasteiger partial charge in [-0.25, -0.2) is 0 Å². The van der Waals surface area contributed by atoms with Gasteiger partial charge < -0.3 is 9.47 Å². The maximum absolute atomic E-state index is 12.3. The van der Waals surface area contributed by atoms with Gasteiger partial charge in [0.2, 0.25) is 0 Å². The third-order valence-corrected chi connectivity index (χ3v) is 3.09. The summed E-state index contributed by atoms with van der Waals surface area (Å²) in [7, 11) is 1.35. The third kappa shape index (κ3) is 4.41. The van der Waals surface area contributed by atoms with Crippen molar-refractivity contribution in [2.24, 2.45) is 0 Å². The molecule has 0 heterocycles. The molecular formula is C12H12BrF3O3. The van der Waals surface area contributed by atoms with Crippen LogP contribution in [0.5, 0.6) is 11.5 Å². The van der Waals surface area contributed by atoms with Crippen molar-refractivity contribution >= 4 is 21.7 Å². The summed E-state index contributed by atoms with van der Waals surface area (Å²) in [5.74, 6) is 0.203. The largest absolute Gasteiger partial charge is 0.493 e. The summed E-state index contributed by atoms with van der Waals surface area (Å²) in [6.07, 6.45) is -4.38. The molecule has 0 radical (unpaired) electrons. The van der Waals surface area contributed by atoms with E-state index in [1.807, 2.05) is 0 Å². The van der Waals surface area contributed by atoms with Crippen LogP contribution in [0.3, 0.4) is 0 Å². The Morgan fingerprint density at radius 1 is 1.37 bits per heavy atom. The van der Waals surface area contributed by atoms with Crippen molar-refractivity contribution in [2.75, 3.05) is 13.7 Å². The molecule has 0 aliphatic heterocycles. The zero-order valence-electron chi connectivity index (χ0n) is 10.3. The zero-order chi connectivity index (χ0) is 14.6. The normalized spacial score (nSPS) is 12.9. The average molecular weight is 341 g/mol. The number of benzene rings is 1.